The Labute approximate surface area is 156 Å². The second kappa shape index (κ2) is 8.13. The molecule has 1 saturated heterocycles. The Morgan fingerprint density at radius 3 is 2.58 bits per heavy atom. The summed E-state index contributed by atoms with van der Waals surface area (Å²) in [5.74, 6) is 0.503. The van der Waals surface area contributed by atoms with Gasteiger partial charge in [0.2, 0.25) is 5.69 Å². The maximum atomic E-state index is 10.9. The van der Waals surface area contributed by atoms with Crippen LogP contribution in [0.1, 0.15) is 24.1 Å². The molecule has 0 saturated carbocycles. The van der Waals surface area contributed by atoms with Crippen LogP contribution < -0.4 is 5.32 Å². The van der Waals surface area contributed by atoms with Crippen LogP contribution >= 0.6 is 11.6 Å². The van der Waals surface area contributed by atoms with Crippen molar-refractivity contribution in [3.63, 3.8) is 0 Å². The number of likely N-dealkylation sites (tertiary alicyclic amines) is 1. The van der Waals surface area contributed by atoms with Crippen LogP contribution in [0.5, 0.6) is 0 Å². The molecule has 1 aromatic carbocycles. The van der Waals surface area contributed by atoms with Gasteiger partial charge in [0.1, 0.15) is 11.9 Å². The van der Waals surface area contributed by atoms with Gasteiger partial charge in [-0.2, -0.15) is 5.26 Å². The molecule has 0 radical (unpaired) electrons. The second-order valence-corrected chi connectivity index (χ2v) is 6.69. The number of rotatable bonds is 5. The normalized spacial score (nSPS) is 15.4. The molecule has 1 aliphatic heterocycles. The minimum atomic E-state index is -0.593. The number of hydrogen-bond donors (Lipinski definition) is 1. The molecule has 2 heterocycles. The molecular formula is C18H18ClN5O2. The van der Waals surface area contributed by atoms with Gasteiger partial charge in [0.25, 0.3) is 0 Å². The summed E-state index contributed by atoms with van der Waals surface area (Å²) in [5.41, 5.74) is 0.799. The van der Waals surface area contributed by atoms with E-state index in [9.17, 15) is 10.1 Å². The lowest BCUT2D eigenvalue weighted by Crippen LogP contribution is -2.38. The fourth-order valence-electron chi connectivity index (χ4n) is 3.05. The van der Waals surface area contributed by atoms with E-state index in [2.05, 4.69) is 15.2 Å². The highest BCUT2D eigenvalue weighted by Crippen LogP contribution is 2.21. The van der Waals surface area contributed by atoms with Crippen LogP contribution in [-0.2, 0) is 6.54 Å². The molecule has 3 rings (SSSR count). The molecule has 8 heteroatoms. The first-order valence-corrected chi connectivity index (χ1v) is 8.72. The summed E-state index contributed by atoms with van der Waals surface area (Å²) >= 11 is 5.91. The lowest BCUT2D eigenvalue weighted by atomic mass is 10.0. The third-order valence-electron chi connectivity index (χ3n) is 4.44. The SMILES string of the molecule is N#Cc1nc(NC2CCN(Cc3ccc(Cl)cc3)CC2)ccc1[N+](=O)[O-]. The number of nitrogens with one attached hydrogen (secondary N) is 1. The van der Waals surface area contributed by atoms with Gasteiger partial charge in [-0.15, -0.1) is 0 Å². The molecule has 2 aromatic rings. The molecule has 0 amide bonds. The van der Waals surface area contributed by atoms with E-state index in [-0.39, 0.29) is 17.4 Å². The lowest BCUT2D eigenvalue weighted by Gasteiger charge is -2.32. The number of piperidine rings is 1. The van der Waals surface area contributed by atoms with Crippen molar-refractivity contribution in [2.24, 2.45) is 0 Å². The summed E-state index contributed by atoms with van der Waals surface area (Å²) in [5, 5.41) is 23.9. The van der Waals surface area contributed by atoms with Crippen LogP contribution in [0.4, 0.5) is 11.5 Å². The van der Waals surface area contributed by atoms with Gasteiger partial charge < -0.3 is 5.32 Å². The van der Waals surface area contributed by atoms with Crippen molar-refractivity contribution in [3.8, 4) is 6.07 Å². The lowest BCUT2D eigenvalue weighted by molar-refractivity contribution is -0.385. The molecule has 1 aliphatic rings. The zero-order chi connectivity index (χ0) is 18.5. The number of hydrogen-bond acceptors (Lipinski definition) is 6. The summed E-state index contributed by atoms with van der Waals surface area (Å²) in [7, 11) is 0. The van der Waals surface area contributed by atoms with Crippen LogP contribution in [0, 0.1) is 21.4 Å². The van der Waals surface area contributed by atoms with E-state index in [1.54, 1.807) is 12.1 Å². The molecule has 7 nitrogen and oxygen atoms in total. The van der Waals surface area contributed by atoms with Gasteiger partial charge in [-0.25, -0.2) is 4.98 Å². The Bertz CT molecular complexity index is 826. The van der Waals surface area contributed by atoms with Gasteiger partial charge in [0.15, 0.2) is 0 Å². The minimum Gasteiger partial charge on any atom is -0.367 e. The van der Waals surface area contributed by atoms with E-state index in [4.69, 9.17) is 16.9 Å². The summed E-state index contributed by atoms with van der Waals surface area (Å²) in [6.07, 6.45) is 1.88. The predicted octanol–water partition coefficient (Wildman–Crippen LogP) is 3.59. The van der Waals surface area contributed by atoms with Crippen molar-refractivity contribution in [1.82, 2.24) is 9.88 Å². The fourth-order valence-corrected chi connectivity index (χ4v) is 3.18. The molecule has 0 atom stereocenters. The Morgan fingerprint density at radius 1 is 1.27 bits per heavy atom. The highest BCUT2D eigenvalue weighted by atomic mass is 35.5. The quantitative estimate of drug-likeness (QED) is 0.637. The first kappa shape index (κ1) is 18.1. The molecule has 1 N–H and O–H groups in total. The van der Waals surface area contributed by atoms with Gasteiger partial charge in [-0.1, -0.05) is 23.7 Å². The van der Waals surface area contributed by atoms with E-state index < -0.39 is 4.92 Å². The largest absolute Gasteiger partial charge is 0.367 e. The second-order valence-electron chi connectivity index (χ2n) is 6.25. The number of nitriles is 1. The molecule has 0 spiro atoms. The Kier molecular flexibility index (Phi) is 5.66. The van der Waals surface area contributed by atoms with E-state index in [1.165, 1.54) is 11.6 Å². The van der Waals surface area contributed by atoms with Crippen LogP contribution in [-0.4, -0.2) is 33.9 Å². The number of anilines is 1. The van der Waals surface area contributed by atoms with Crippen molar-refractivity contribution < 1.29 is 4.92 Å². The highest BCUT2D eigenvalue weighted by molar-refractivity contribution is 6.30. The number of nitrogens with zero attached hydrogens (tertiary/aromatic N) is 4. The van der Waals surface area contributed by atoms with E-state index >= 15 is 0 Å². The van der Waals surface area contributed by atoms with Gasteiger partial charge >= 0.3 is 5.69 Å². The molecule has 1 aromatic heterocycles. The number of benzene rings is 1. The topological polar surface area (TPSA) is 95.1 Å². The van der Waals surface area contributed by atoms with Crippen molar-refractivity contribution in [2.75, 3.05) is 18.4 Å². The summed E-state index contributed by atoms with van der Waals surface area (Å²) in [4.78, 5) is 16.7. The standard InChI is InChI=1S/C18H18ClN5O2/c19-14-3-1-13(2-4-14)12-23-9-7-15(8-10-23)21-18-6-5-17(24(25)26)16(11-20)22-18/h1-6,15H,7-10,12H2,(H,21,22). The molecule has 0 bridgehead atoms. The molecule has 26 heavy (non-hydrogen) atoms. The minimum absolute atomic E-state index is 0.167. The Hall–Kier alpha value is -2.69. The zero-order valence-electron chi connectivity index (χ0n) is 14.1. The average molecular weight is 372 g/mol. The number of aromatic nitrogens is 1. The van der Waals surface area contributed by atoms with Gasteiger partial charge in [-0.05, 0) is 36.6 Å². The summed E-state index contributed by atoms with van der Waals surface area (Å²) < 4.78 is 0. The average Bonchev–Trinajstić information content (AvgIpc) is 2.65. The van der Waals surface area contributed by atoms with E-state index in [0.29, 0.717) is 5.82 Å². The molecule has 0 aliphatic carbocycles. The number of halogens is 1. The van der Waals surface area contributed by atoms with Crippen LogP contribution in [0.25, 0.3) is 0 Å². The molecular weight excluding hydrogens is 354 g/mol. The summed E-state index contributed by atoms with van der Waals surface area (Å²) in [6.45, 7) is 2.77. The number of pyridine rings is 1. The van der Waals surface area contributed by atoms with Gasteiger partial charge in [-0.3, -0.25) is 15.0 Å². The smallest absolute Gasteiger partial charge is 0.305 e. The van der Waals surface area contributed by atoms with Crippen molar-refractivity contribution in [3.05, 3.63) is 62.8 Å². The first-order valence-electron chi connectivity index (χ1n) is 8.34. The van der Waals surface area contributed by atoms with Crippen molar-refractivity contribution >= 4 is 23.1 Å². The van der Waals surface area contributed by atoms with Crippen LogP contribution in [0.3, 0.4) is 0 Å². The molecule has 0 unspecified atom stereocenters. The number of nitro groups is 1. The van der Waals surface area contributed by atoms with Crippen molar-refractivity contribution in [2.45, 2.75) is 25.4 Å². The Balaban J connectivity index is 1.55. The van der Waals surface area contributed by atoms with E-state index in [1.807, 2.05) is 24.3 Å². The maximum absolute atomic E-state index is 10.9. The predicted molar refractivity (Wildman–Crippen MR) is 99.0 cm³/mol. The van der Waals surface area contributed by atoms with E-state index in [0.717, 1.165) is 37.5 Å². The maximum Gasteiger partial charge on any atom is 0.305 e. The summed E-state index contributed by atoms with van der Waals surface area (Å²) in [6, 6.07) is 12.8. The highest BCUT2D eigenvalue weighted by Gasteiger charge is 2.21. The van der Waals surface area contributed by atoms with Crippen LogP contribution in [0.2, 0.25) is 5.02 Å². The Morgan fingerprint density at radius 2 is 1.96 bits per heavy atom. The third-order valence-corrected chi connectivity index (χ3v) is 4.69. The van der Waals surface area contributed by atoms with Gasteiger partial charge in [0.05, 0.1) is 4.92 Å². The van der Waals surface area contributed by atoms with Gasteiger partial charge in [0, 0.05) is 36.8 Å². The first-order chi connectivity index (χ1) is 12.5. The molecule has 1 fully saturated rings. The molecule has 134 valence electrons. The van der Waals surface area contributed by atoms with Crippen molar-refractivity contribution in [1.29, 1.82) is 5.26 Å². The third kappa shape index (κ3) is 4.48. The monoisotopic (exact) mass is 371 g/mol. The zero-order valence-corrected chi connectivity index (χ0v) is 14.8. The fraction of sp³-hybridized carbons (Fsp3) is 0.333. The van der Waals surface area contributed by atoms with Crippen LogP contribution in [0.15, 0.2) is 36.4 Å².